The molecule has 1 atom stereocenters. The molecule has 0 fully saturated rings. The van der Waals surface area contributed by atoms with Crippen molar-refractivity contribution in [3.63, 3.8) is 0 Å². The van der Waals surface area contributed by atoms with Crippen LogP contribution in [0.2, 0.25) is 0 Å². The third-order valence-electron chi connectivity index (χ3n) is 6.34. The largest absolute Gasteiger partial charge is 0.495 e. The van der Waals surface area contributed by atoms with Gasteiger partial charge in [-0.15, -0.1) is 11.3 Å². The highest BCUT2D eigenvalue weighted by atomic mass is 32.1. The SMILES string of the molecule is COc1ccccc1NC(=O)[C@H](C)n1cnc2scc(-c3ccc4c(c3)CCCC4)c2c1=O. The standard InChI is InChI=1S/C26H25N3O3S/c1-16(24(30)28-21-9-5-6-10-22(21)32-2)29-15-27-25-23(26(29)31)20(14-33-25)19-12-11-17-7-3-4-8-18(17)13-19/h5-6,9-16H,3-4,7-8H2,1-2H3,(H,28,30)/t16-/m0/s1. The molecule has 1 amide bonds. The molecule has 2 aromatic carbocycles. The van der Waals surface area contributed by atoms with Crippen LogP contribution in [0, 0.1) is 0 Å². The summed E-state index contributed by atoms with van der Waals surface area (Å²) in [5.74, 6) is 0.250. The molecule has 0 radical (unpaired) electrons. The lowest BCUT2D eigenvalue weighted by atomic mass is 9.89. The van der Waals surface area contributed by atoms with Gasteiger partial charge in [0.25, 0.3) is 5.56 Å². The van der Waals surface area contributed by atoms with Gasteiger partial charge in [0, 0.05) is 10.9 Å². The highest BCUT2D eigenvalue weighted by Gasteiger charge is 2.22. The summed E-state index contributed by atoms with van der Waals surface area (Å²) in [5.41, 5.74) is 5.03. The lowest BCUT2D eigenvalue weighted by Gasteiger charge is -2.17. The highest BCUT2D eigenvalue weighted by molar-refractivity contribution is 7.17. The molecule has 0 saturated heterocycles. The number of aryl methyl sites for hydroxylation is 2. The molecule has 1 N–H and O–H groups in total. The zero-order valence-corrected chi connectivity index (χ0v) is 19.4. The minimum atomic E-state index is -0.740. The fourth-order valence-corrected chi connectivity index (χ4v) is 5.35. The third kappa shape index (κ3) is 3.93. The predicted octanol–water partition coefficient (Wildman–Crippen LogP) is 5.21. The Morgan fingerprint density at radius 3 is 2.76 bits per heavy atom. The van der Waals surface area contributed by atoms with Gasteiger partial charge in [-0.1, -0.05) is 30.3 Å². The van der Waals surface area contributed by atoms with Crippen LogP contribution >= 0.6 is 11.3 Å². The van der Waals surface area contributed by atoms with E-state index in [1.165, 1.54) is 46.2 Å². The lowest BCUT2D eigenvalue weighted by molar-refractivity contribution is -0.118. The maximum atomic E-state index is 13.5. The molecule has 2 heterocycles. The number of para-hydroxylation sites is 2. The van der Waals surface area contributed by atoms with Crippen molar-refractivity contribution in [2.24, 2.45) is 0 Å². The van der Waals surface area contributed by atoms with Crippen LogP contribution in [0.25, 0.3) is 21.3 Å². The van der Waals surface area contributed by atoms with Gasteiger partial charge in [-0.25, -0.2) is 4.98 Å². The Balaban J connectivity index is 1.51. The Hall–Kier alpha value is -3.45. The second-order valence-corrected chi connectivity index (χ2v) is 9.20. The second kappa shape index (κ2) is 8.83. The quantitative estimate of drug-likeness (QED) is 0.445. The molecule has 168 valence electrons. The summed E-state index contributed by atoms with van der Waals surface area (Å²) in [6.45, 7) is 1.70. The molecule has 33 heavy (non-hydrogen) atoms. The number of hydrogen-bond acceptors (Lipinski definition) is 5. The second-order valence-electron chi connectivity index (χ2n) is 8.34. The first-order chi connectivity index (χ1) is 16.1. The molecule has 0 spiro atoms. The van der Waals surface area contributed by atoms with Gasteiger partial charge in [-0.2, -0.15) is 0 Å². The minimum Gasteiger partial charge on any atom is -0.495 e. The van der Waals surface area contributed by atoms with Crippen molar-refractivity contribution in [2.75, 3.05) is 12.4 Å². The first-order valence-corrected chi connectivity index (χ1v) is 12.0. The van der Waals surface area contributed by atoms with Gasteiger partial charge in [0.15, 0.2) is 0 Å². The van der Waals surface area contributed by atoms with Crippen LogP contribution in [0.3, 0.4) is 0 Å². The van der Waals surface area contributed by atoms with Crippen LogP contribution in [-0.4, -0.2) is 22.6 Å². The Labute approximate surface area is 195 Å². The molecular formula is C26H25N3O3S. The molecule has 1 aliphatic rings. The van der Waals surface area contributed by atoms with Crippen molar-refractivity contribution in [3.8, 4) is 16.9 Å². The van der Waals surface area contributed by atoms with Crippen molar-refractivity contribution < 1.29 is 9.53 Å². The summed E-state index contributed by atoms with van der Waals surface area (Å²) in [4.78, 5) is 31.7. The number of benzene rings is 2. The average molecular weight is 460 g/mol. The van der Waals surface area contributed by atoms with Crippen LogP contribution in [0.5, 0.6) is 5.75 Å². The summed E-state index contributed by atoms with van der Waals surface area (Å²) in [6.07, 6.45) is 6.09. The number of hydrogen-bond donors (Lipinski definition) is 1. The van der Waals surface area contributed by atoms with Gasteiger partial charge in [0.05, 0.1) is 24.5 Å². The van der Waals surface area contributed by atoms with E-state index in [1.54, 1.807) is 26.2 Å². The predicted molar refractivity (Wildman–Crippen MR) is 132 cm³/mol. The van der Waals surface area contributed by atoms with Crippen molar-refractivity contribution in [1.29, 1.82) is 0 Å². The first-order valence-electron chi connectivity index (χ1n) is 11.1. The van der Waals surface area contributed by atoms with Crippen molar-refractivity contribution in [1.82, 2.24) is 9.55 Å². The summed E-state index contributed by atoms with van der Waals surface area (Å²) >= 11 is 1.46. The summed E-state index contributed by atoms with van der Waals surface area (Å²) in [7, 11) is 1.55. The lowest BCUT2D eigenvalue weighted by Crippen LogP contribution is -2.31. The Kier molecular flexibility index (Phi) is 5.72. The van der Waals surface area contributed by atoms with Crippen LogP contribution < -0.4 is 15.6 Å². The van der Waals surface area contributed by atoms with Crippen molar-refractivity contribution in [3.05, 3.63) is 75.7 Å². The third-order valence-corrected chi connectivity index (χ3v) is 7.23. The normalized spacial score (nSPS) is 14.0. The monoisotopic (exact) mass is 459 g/mol. The number of nitrogens with one attached hydrogen (secondary N) is 1. The molecule has 7 heteroatoms. The van der Waals surface area contributed by atoms with E-state index in [2.05, 4.69) is 28.5 Å². The Bertz CT molecular complexity index is 1410. The molecule has 4 aromatic rings. The number of fused-ring (bicyclic) bond motifs is 2. The molecular weight excluding hydrogens is 434 g/mol. The highest BCUT2D eigenvalue weighted by Crippen LogP contribution is 2.34. The van der Waals surface area contributed by atoms with E-state index in [0.29, 0.717) is 21.7 Å². The van der Waals surface area contributed by atoms with Gasteiger partial charge >= 0.3 is 0 Å². The average Bonchev–Trinajstić information content (AvgIpc) is 3.29. The zero-order valence-electron chi connectivity index (χ0n) is 18.6. The number of thiophene rings is 1. The summed E-state index contributed by atoms with van der Waals surface area (Å²) in [6, 6.07) is 12.9. The number of anilines is 1. The van der Waals surface area contributed by atoms with Gasteiger partial charge in [0.2, 0.25) is 5.91 Å². The van der Waals surface area contributed by atoms with Gasteiger partial charge in [-0.3, -0.25) is 14.2 Å². The van der Waals surface area contributed by atoms with E-state index in [4.69, 9.17) is 4.74 Å². The molecule has 6 nitrogen and oxygen atoms in total. The summed E-state index contributed by atoms with van der Waals surface area (Å²) < 4.78 is 6.72. The number of carbonyl (C=O) groups is 1. The van der Waals surface area contributed by atoms with Crippen LogP contribution in [0.15, 0.2) is 59.0 Å². The maximum Gasteiger partial charge on any atom is 0.263 e. The number of rotatable bonds is 5. The topological polar surface area (TPSA) is 73.2 Å². The fourth-order valence-electron chi connectivity index (χ4n) is 4.45. The molecule has 0 saturated carbocycles. The van der Waals surface area contributed by atoms with Crippen molar-refractivity contribution in [2.45, 2.75) is 38.6 Å². The van der Waals surface area contributed by atoms with E-state index >= 15 is 0 Å². The van der Waals surface area contributed by atoms with Gasteiger partial charge in [0.1, 0.15) is 16.6 Å². The maximum absolute atomic E-state index is 13.5. The van der Waals surface area contributed by atoms with Crippen LogP contribution in [-0.2, 0) is 17.6 Å². The molecule has 2 aromatic heterocycles. The summed E-state index contributed by atoms with van der Waals surface area (Å²) in [5, 5.41) is 5.42. The number of aromatic nitrogens is 2. The van der Waals surface area contributed by atoms with Crippen LogP contribution in [0.4, 0.5) is 5.69 Å². The number of nitrogens with zero attached hydrogens (tertiary/aromatic N) is 2. The van der Waals surface area contributed by atoms with Gasteiger partial charge in [-0.05, 0) is 61.4 Å². The van der Waals surface area contributed by atoms with E-state index in [1.807, 2.05) is 17.5 Å². The van der Waals surface area contributed by atoms with E-state index in [0.717, 1.165) is 24.0 Å². The van der Waals surface area contributed by atoms with E-state index in [-0.39, 0.29) is 11.5 Å². The van der Waals surface area contributed by atoms with E-state index in [9.17, 15) is 9.59 Å². The molecule has 0 bridgehead atoms. The number of methoxy groups -OCH3 is 1. The van der Waals surface area contributed by atoms with Crippen molar-refractivity contribution >= 4 is 33.1 Å². The van der Waals surface area contributed by atoms with Crippen LogP contribution in [0.1, 0.15) is 36.9 Å². The molecule has 0 unspecified atom stereocenters. The number of carbonyl (C=O) groups excluding carboxylic acids is 1. The first kappa shape index (κ1) is 21.4. The molecule has 0 aliphatic heterocycles. The number of ether oxygens (including phenoxy) is 1. The zero-order chi connectivity index (χ0) is 22.9. The molecule has 1 aliphatic carbocycles. The minimum absolute atomic E-state index is 0.211. The Morgan fingerprint density at radius 2 is 1.94 bits per heavy atom. The Morgan fingerprint density at radius 1 is 1.15 bits per heavy atom. The molecule has 5 rings (SSSR count). The smallest absolute Gasteiger partial charge is 0.263 e. The fraction of sp³-hybridized carbons (Fsp3) is 0.269. The number of amides is 1. The van der Waals surface area contributed by atoms with E-state index < -0.39 is 6.04 Å². The van der Waals surface area contributed by atoms with Gasteiger partial charge < -0.3 is 10.1 Å².